The number of aliphatic hydroxyl groups is 3. The first kappa shape index (κ1) is 58.8. The van der Waals surface area contributed by atoms with E-state index in [9.17, 15) is 20.1 Å². The number of amides is 1. The number of carbonyl (C=O) groups excluding carboxylic acids is 1. The molecule has 1 amide bonds. The lowest BCUT2D eigenvalue weighted by atomic mass is 10.0. The van der Waals surface area contributed by atoms with E-state index in [4.69, 9.17) is 0 Å². The van der Waals surface area contributed by atoms with Gasteiger partial charge in [0.2, 0.25) is 5.91 Å². The van der Waals surface area contributed by atoms with Gasteiger partial charge in [-0.2, -0.15) is 0 Å². The number of allylic oxidation sites excluding steroid dienone is 3. The van der Waals surface area contributed by atoms with Crippen LogP contribution in [0.2, 0.25) is 0 Å². The molecule has 0 aliphatic carbocycles. The minimum absolute atomic E-state index is 0.361. The third-order valence-electron chi connectivity index (χ3n) is 12.8. The molecule has 3 unspecified atom stereocenters. The third-order valence-corrected chi connectivity index (χ3v) is 12.8. The van der Waals surface area contributed by atoms with Crippen LogP contribution in [0.4, 0.5) is 0 Å². The second-order valence-electron chi connectivity index (χ2n) is 18.8. The van der Waals surface area contributed by atoms with Crippen molar-refractivity contribution in [3.8, 4) is 0 Å². The van der Waals surface area contributed by atoms with Gasteiger partial charge in [-0.25, -0.2) is 0 Å². The van der Waals surface area contributed by atoms with Crippen molar-refractivity contribution in [2.45, 2.75) is 315 Å². The standard InChI is InChI=1S/C55H107NO4/c1-3-5-7-9-11-13-15-17-18-19-20-21-22-23-24-25-26-27-28-29-30-31-32-33-34-35-36-37-38-40-42-44-46-48-50-54(59)55(60)56-52(51-57)53(58)49-47-45-43-41-39-16-14-12-10-8-6-4-2/h25-26,47,49,52-54,57-59H,3-24,27-46,48,50-51H2,1-2H3,(H,56,60)/b26-25-,49-47+. The molecule has 0 saturated heterocycles. The second-order valence-corrected chi connectivity index (χ2v) is 18.8. The Hall–Kier alpha value is -1.17. The molecule has 0 fully saturated rings. The van der Waals surface area contributed by atoms with Gasteiger partial charge < -0.3 is 20.6 Å². The fraction of sp³-hybridized carbons (Fsp3) is 0.909. The molecule has 0 radical (unpaired) electrons. The number of unbranched alkanes of at least 4 members (excludes halogenated alkanes) is 40. The Morgan fingerprint density at radius 1 is 0.400 bits per heavy atom. The van der Waals surface area contributed by atoms with Crippen molar-refractivity contribution >= 4 is 5.91 Å². The predicted molar refractivity (Wildman–Crippen MR) is 264 cm³/mol. The Morgan fingerprint density at radius 2 is 0.667 bits per heavy atom. The summed E-state index contributed by atoms with van der Waals surface area (Å²) >= 11 is 0. The molecule has 5 heteroatoms. The maximum atomic E-state index is 12.5. The fourth-order valence-corrected chi connectivity index (χ4v) is 8.54. The second kappa shape index (κ2) is 50.5. The summed E-state index contributed by atoms with van der Waals surface area (Å²) in [5, 5.41) is 33.2. The van der Waals surface area contributed by atoms with Gasteiger partial charge in [-0.05, 0) is 44.9 Å². The molecular formula is C55H107NO4. The highest BCUT2D eigenvalue weighted by Crippen LogP contribution is 2.17. The molecule has 0 aliphatic heterocycles. The first-order valence-corrected chi connectivity index (χ1v) is 27.2. The number of carbonyl (C=O) groups is 1. The van der Waals surface area contributed by atoms with E-state index in [0.29, 0.717) is 6.42 Å². The van der Waals surface area contributed by atoms with E-state index in [1.807, 2.05) is 6.08 Å². The van der Waals surface area contributed by atoms with Gasteiger partial charge in [-0.3, -0.25) is 4.79 Å². The molecule has 0 aliphatic rings. The van der Waals surface area contributed by atoms with Gasteiger partial charge >= 0.3 is 0 Å². The molecule has 0 heterocycles. The molecule has 356 valence electrons. The summed E-state index contributed by atoms with van der Waals surface area (Å²) in [5.41, 5.74) is 0. The summed E-state index contributed by atoms with van der Waals surface area (Å²) in [6.07, 6.45) is 64.1. The lowest BCUT2D eigenvalue weighted by Gasteiger charge is -2.21. The summed E-state index contributed by atoms with van der Waals surface area (Å²) in [7, 11) is 0. The minimum atomic E-state index is -1.09. The van der Waals surface area contributed by atoms with E-state index < -0.39 is 24.2 Å². The zero-order valence-corrected chi connectivity index (χ0v) is 40.6. The van der Waals surface area contributed by atoms with Gasteiger partial charge in [0.05, 0.1) is 18.8 Å². The normalized spacial score (nSPS) is 13.5. The summed E-state index contributed by atoms with van der Waals surface area (Å²) in [4.78, 5) is 12.5. The van der Waals surface area contributed by atoms with Crippen LogP contribution in [0.3, 0.4) is 0 Å². The van der Waals surface area contributed by atoms with E-state index in [0.717, 1.165) is 32.1 Å². The maximum Gasteiger partial charge on any atom is 0.249 e. The monoisotopic (exact) mass is 846 g/mol. The summed E-state index contributed by atoms with van der Waals surface area (Å²) in [5.74, 6) is -0.500. The average molecular weight is 846 g/mol. The van der Waals surface area contributed by atoms with Gasteiger partial charge in [-0.1, -0.05) is 276 Å². The highest BCUT2D eigenvalue weighted by Gasteiger charge is 2.22. The van der Waals surface area contributed by atoms with Crippen LogP contribution in [0.1, 0.15) is 296 Å². The first-order chi connectivity index (χ1) is 29.6. The first-order valence-electron chi connectivity index (χ1n) is 27.2. The number of hydrogen-bond donors (Lipinski definition) is 4. The third kappa shape index (κ3) is 44.9. The number of aliphatic hydroxyl groups excluding tert-OH is 3. The lowest BCUT2D eigenvalue weighted by Crippen LogP contribution is -2.48. The van der Waals surface area contributed by atoms with Crippen molar-refractivity contribution < 1.29 is 20.1 Å². The SMILES string of the molecule is CCCCCCCCCCCC/C=C/C(O)C(CO)NC(=O)C(O)CCCCCCCCCCCCCCCCCC/C=C\CCCCCCCCCCCCCCCC. The Morgan fingerprint density at radius 3 is 0.967 bits per heavy atom. The zero-order valence-electron chi connectivity index (χ0n) is 40.6. The quantitative estimate of drug-likeness (QED) is 0.0363. The van der Waals surface area contributed by atoms with E-state index >= 15 is 0 Å². The molecular weight excluding hydrogens is 739 g/mol. The van der Waals surface area contributed by atoms with Gasteiger partial charge in [0.25, 0.3) is 0 Å². The smallest absolute Gasteiger partial charge is 0.249 e. The van der Waals surface area contributed by atoms with Crippen LogP contribution in [-0.4, -0.2) is 46.1 Å². The van der Waals surface area contributed by atoms with Crippen molar-refractivity contribution in [3.05, 3.63) is 24.3 Å². The summed E-state index contributed by atoms with van der Waals surface area (Å²) in [6, 6.07) is -0.794. The molecule has 0 spiro atoms. The minimum Gasteiger partial charge on any atom is -0.394 e. The van der Waals surface area contributed by atoms with Gasteiger partial charge in [0.1, 0.15) is 6.10 Å². The van der Waals surface area contributed by atoms with Gasteiger partial charge in [0, 0.05) is 0 Å². The molecule has 60 heavy (non-hydrogen) atoms. The Bertz CT molecular complexity index is 890. The van der Waals surface area contributed by atoms with Crippen molar-refractivity contribution in [1.82, 2.24) is 5.32 Å². The van der Waals surface area contributed by atoms with Crippen LogP contribution in [0, 0.1) is 0 Å². The van der Waals surface area contributed by atoms with Crippen LogP contribution in [0.25, 0.3) is 0 Å². The molecule has 0 saturated carbocycles. The van der Waals surface area contributed by atoms with Gasteiger partial charge in [0.15, 0.2) is 0 Å². The van der Waals surface area contributed by atoms with Crippen molar-refractivity contribution in [2.24, 2.45) is 0 Å². The Labute approximate surface area is 375 Å². The summed E-state index contributed by atoms with van der Waals surface area (Å²) in [6.45, 7) is 4.19. The molecule has 5 nitrogen and oxygen atoms in total. The zero-order chi connectivity index (χ0) is 43.7. The summed E-state index contributed by atoms with van der Waals surface area (Å²) < 4.78 is 0. The Balaban J connectivity index is 3.47. The number of hydrogen-bond acceptors (Lipinski definition) is 4. The topological polar surface area (TPSA) is 89.8 Å². The van der Waals surface area contributed by atoms with E-state index in [-0.39, 0.29) is 6.61 Å². The predicted octanol–water partition coefficient (Wildman–Crippen LogP) is 16.5. The van der Waals surface area contributed by atoms with Crippen LogP contribution in [-0.2, 0) is 4.79 Å². The number of nitrogens with one attached hydrogen (secondary N) is 1. The van der Waals surface area contributed by atoms with Crippen molar-refractivity contribution in [2.75, 3.05) is 6.61 Å². The molecule has 4 N–H and O–H groups in total. The maximum absolute atomic E-state index is 12.5. The van der Waals surface area contributed by atoms with Crippen LogP contribution in [0.15, 0.2) is 24.3 Å². The molecule has 0 rings (SSSR count). The van der Waals surface area contributed by atoms with Gasteiger partial charge in [-0.15, -0.1) is 0 Å². The van der Waals surface area contributed by atoms with E-state index in [1.54, 1.807) is 6.08 Å². The lowest BCUT2D eigenvalue weighted by molar-refractivity contribution is -0.131. The van der Waals surface area contributed by atoms with Crippen LogP contribution in [0.5, 0.6) is 0 Å². The average Bonchev–Trinajstić information content (AvgIpc) is 3.25. The van der Waals surface area contributed by atoms with E-state index in [1.165, 1.54) is 244 Å². The number of rotatable bonds is 50. The largest absolute Gasteiger partial charge is 0.394 e. The molecule has 0 aromatic rings. The highest BCUT2D eigenvalue weighted by atomic mass is 16.3. The van der Waals surface area contributed by atoms with Crippen molar-refractivity contribution in [1.29, 1.82) is 0 Å². The van der Waals surface area contributed by atoms with E-state index in [2.05, 4.69) is 31.3 Å². The molecule has 0 aromatic carbocycles. The Kier molecular flexibility index (Phi) is 49.5. The molecule has 3 atom stereocenters. The highest BCUT2D eigenvalue weighted by molar-refractivity contribution is 5.80. The van der Waals surface area contributed by atoms with Crippen LogP contribution >= 0.6 is 0 Å². The molecule has 0 aromatic heterocycles. The fourth-order valence-electron chi connectivity index (χ4n) is 8.54. The van der Waals surface area contributed by atoms with Crippen molar-refractivity contribution in [3.63, 3.8) is 0 Å². The van der Waals surface area contributed by atoms with Crippen LogP contribution < -0.4 is 5.32 Å². The molecule has 0 bridgehead atoms.